The molecule has 0 saturated heterocycles. The number of nitrogens with one attached hydrogen (secondary N) is 1. The van der Waals surface area contributed by atoms with Crippen LogP contribution in [0.2, 0.25) is 0 Å². The molecule has 0 bridgehead atoms. The van der Waals surface area contributed by atoms with E-state index in [4.69, 9.17) is 9.15 Å². The van der Waals surface area contributed by atoms with Crippen molar-refractivity contribution in [3.05, 3.63) is 83.8 Å². The van der Waals surface area contributed by atoms with Gasteiger partial charge in [0.05, 0.1) is 18.3 Å². The number of hydrogen-bond donors (Lipinski definition) is 1. The molecular weight excluding hydrogens is 416 g/mol. The second kappa shape index (κ2) is 10.3. The smallest absolute Gasteiger partial charge is 0.251 e. The minimum Gasteiger partial charge on any atom is -0.497 e. The molecule has 0 aliphatic carbocycles. The van der Waals surface area contributed by atoms with Crippen LogP contribution < -0.4 is 10.1 Å². The average molecular weight is 443 g/mol. The van der Waals surface area contributed by atoms with Crippen LogP contribution in [0.15, 0.2) is 76.2 Å². The fourth-order valence-corrected chi connectivity index (χ4v) is 4.21. The third kappa shape index (κ3) is 5.96. The van der Waals surface area contributed by atoms with Crippen LogP contribution >= 0.6 is 0 Å². The number of hydrogen-bond acceptors (Lipinski definition) is 5. The zero-order valence-corrected chi connectivity index (χ0v) is 18.4. The quantitative estimate of drug-likeness (QED) is 0.486. The minimum atomic E-state index is -3.63. The summed E-state index contributed by atoms with van der Waals surface area (Å²) >= 11 is 0. The van der Waals surface area contributed by atoms with Crippen molar-refractivity contribution < 1.29 is 22.4 Å². The van der Waals surface area contributed by atoms with Crippen LogP contribution in [0.25, 0.3) is 0 Å². The van der Waals surface area contributed by atoms with E-state index in [0.29, 0.717) is 17.9 Å². The van der Waals surface area contributed by atoms with Crippen LogP contribution in [0.5, 0.6) is 5.75 Å². The van der Waals surface area contributed by atoms with E-state index in [0.717, 1.165) is 24.2 Å². The van der Waals surface area contributed by atoms with Crippen LogP contribution in [0.3, 0.4) is 0 Å². The van der Waals surface area contributed by atoms with Crippen molar-refractivity contribution in [3.8, 4) is 5.75 Å². The van der Waals surface area contributed by atoms with Crippen molar-refractivity contribution in [1.82, 2.24) is 9.62 Å². The standard InChI is InChI=1S/C23H26N2O5S/c1-25(31(27,28)22-13-11-20(29-2)12-14-22)17-18-7-9-19(10-8-18)23(26)24-15-3-5-21-6-4-16-30-21/h4,6-14,16H,3,5,15,17H2,1-2H3,(H,24,26). The number of furan rings is 1. The molecule has 0 fully saturated rings. The highest BCUT2D eigenvalue weighted by atomic mass is 32.2. The molecule has 1 N–H and O–H groups in total. The van der Waals surface area contributed by atoms with Crippen LogP contribution in [0.1, 0.15) is 28.1 Å². The van der Waals surface area contributed by atoms with Crippen molar-refractivity contribution in [3.63, 3.8) is 0 Å². The van der Waals surface area contributed by atoms with Crippen molar-refractivity contribution >= 4 is 15.9 Å². The first-order valence-electron chi connectivity index (χ1n) is 9.90. The van der Waals surface area contributed by atoms with Crippen LogP contribution in [-0.2, 0) is 23.0 Å². The number of aryl methyl sites for hydroxylation is 1. The number of carbonyl (C=O) groups is 1. The fourth-order valence-electron chi connectivity index (χ4n) is 3.05. The predicted molar refractivity (Wildman–Crippen MR) is 117 cm³/mol. The van der Waals surface area contributed by atoms with E-state index in [9.17, 15) is 13.2 Å². The molecule has 164 valence electrons. The Hall–Kier alpha value is -3.10. The van der Waals surface area contributed by atoms with E-state index in [-0.39, 0.29) is 17.3 Å². The molecule has 0 atom stereocenters. The van der Waals surface area contributed by atoms with Gasteiger partial charge in [-0.05, 0) is 60.5 Å². The molecule has 1 aromatic heterocycles. The Morgan fingerprint density at radius 1 is 1.06 bits per heavy atom. The largest absolute Gasteiger partial charge is 0.497 e. The van der Waals surface area contributed by atoms with Gasteiger partial charge in [0.15, 0.2) is 0 Å². The van der Waals surface area contributed by atoms with E-state index < -0.39 is 10.0 Å². The maximum Gasteiger partial charge on any atom is 0.251 e. The van der Waals surface area contributed by atoms with Gasteiger partial charge in [-0.25, -0.2) is 8.42 Å². The van der Waals surface area contributed by atoms with Gasteiger partial charge in [0.1, 0.15) is 11.5 Å². The molecule has 0 aliphatic rings. The van der Waals surface area contributed by atoms with Crippen LogP contribution in [0, 0.1) is 0 Å². The maximum atomic E-state index is 12.8. The molecule has 31 heavy (non-hydrogen) atoms. The van der Waals surface area contributed by atoms with E-state index >= 15 is 0 Å². The normalized spacial score (nSPS) is 11.5. The number of ether oxygens (including phenoxy) is 1. The lowest BCUT2D eigenvalue weighted by molar-refractivity contribution is 0.0953. The zero-order chi connectivity index (χ0) is 22.3. The Balaban J connectivity index is 1.53. The topological polar surface area (TPSA) is 88.9 Å². The minimum absolute atomic E-state index is 0.162. The molecule has 2 aromatic carbocycles. The van der Waals surface area contributed by atoms with Gasteiger partial charge in [-0.1, -0.05) is 12.1 Å². The summed E-state index contributed by atoms with van der Waals surface area (Å²) in [5.41, 5.74) is 1.32. The molecular formula is C23H26N2O5S. The second-order valence-electron chi connectivity index (χ2n) is 7.07. The lowest BCUT2D eigenvalue weighted by atomic mass is 10.1. The Labute approximate surface area is 182 Å². The van der Waals surface area contributed by atoms with Crippen LogP contribution in [0.4, 0.5) is 0 Å². The SMILES string of the molecule is COc1ccc(S(=O)(=O)N(C)Cc2ccc(C(=O)NCCCc3ccco3)cc2)cc1. The van der Waals surface area contributed by atoms with Crippen molar-refractivity contribution in [1.29, 1.82) is 0 Å². The summed E-state index contributed by atoms with van der Waals surface area (Å²) in [6.45, 7) is 0.740. The van der Waals surface area contributed by atoms with Gasteiger partial charge in [-0.2, -0.15) is 4.31 Å². The van der Waals surface area contributed by atoms with Crippen molar-refractivity contribution in [2.24, 2.45) is 0 Å². The number of methoxy groups -OCH3 is 1. The van der Waals surface area contributed by atoms with Gasteiger partial charge < -0.3 is 14.5 Å². The van der Waals surface area contributed by atoms with Gasteiger partial charge in [0.25, 0.3) is 5.91 Å². The van der Waals surface area contributed by atoms with E-state index in [1.54, 1.807) is 42.7 Å². The van der Waals surface area contributed by atoms with Gasteiger partial charge in [0.2, 0.25) is 10.0 Å². The first-order chi connectivity index (χ1) is 14.9. The first-order valence-corrected chi connectivity index (χ1v) is 11.3. The lowest BCUT2D eigenvalue weighted by Crippen LogP contribution is -2.27. The fraction of sp³-hybridized carbons (Fsp3) is 0.261. The lowest BCUT2D eigenvalue weighted by Gasteiger charge is -2.17. The number of benzene rings is 2. The summed E-state index contributed by atoms with van der Waals surface area (Å²) in [6.07, 6.45) is 3.18. The van der Waals surface area contributed by atoms with Gasteiger partial charge in [0, 0.05) is 32.1 Å². The number of carbonyl (C=O) groups excluding carboxylic acids is 1. The van der Waals surface area contributed by atoms with Gasteiger partial charge in [-0.3, -0.25) is 4.79 Å². The van der Waals surface area contributed by atoms with E-state index in [1.807, 2.05) is 12.1 Å². The Bertz CT molecular complexity index is 1080. The monoisotopic (exact) mass is 442 g/mol. The summed E-state index contributed by atoms with van der Waals surface area (Å²) in [5, 5.41) is 2.88. The predicted octanol–water partition coefficient (Wildman–Crippen LogP) is 3.47. The summed E-state index contributed by atoms with van der Waals surface area (Å²) in [5.74, 6) is 1.33. The molecule has 1 heterocycles. The van der Waals surface area contributed by atoms with E-state index in [2.05, 4.69) is 5.32 Å². The highest BCUT2D eigenvalue weighted by molar-refractivity contribution is 7.89. The molecule has 0 saturated carbocycles. The second-order valence-corrected chi connectivity index (χ2v) is 9.12. The van der Waals surface area contributed by atoms with Crippen molar-refractivity contribution in [2.45, 2.75) is 24.3 Å². The number of sulfonamides is 1. The highest BCUT2D eigenvalue weighted by Gasteiger charge is 2.21. The molecule has 0 radical (unpaired) electrons. The molecule has 3 rings (SSSR count). The summed E-state index contributed by atoms with van der Waals surface area (Å²) in [7, 11) is -0.576. The Morgan fingerprint density at radius 2 is 1.77 bits per heavy atom. The number of rotatable bonds is 10. The van der Waals surface area contributed by atoms with Crippen LogP contribution in [-0.4, -0.2) is 39.3 Å². The van der Waals surface area contributed by atoms with Gasteiger partial charge in [-0.15, -0.1) is 0 Å². The molecule has 0 spiro atoms. The molecule has 3 aromatic rings. The Morgan fingerprint density at radius 3 is 2.39 bits per heavy atom. The average Bonchev–Trinajstić information content (AvgIpc) is 3.30. The van der Waals surface area contributed by atoms with Crippen molar-refractivity contribution in [2.75, 3.05) is 20.7 Å². The number of nitrogens with zero attached hydrogens (tertiary/aromatic N) is 1. The molecule has 1 amide bonds. The third-order valence-corrected chi connectivity index (χ3v) is 6.67. The maximum absolute atomic E-state index is 12.8. The van der Waals surface area contributed by atoms with E-state index in [1.165, 1.54) is 30.6 Å². The Kier molecular flexibility index (Phi) is 7.49. The highest BCUT2D eigenvalue weighted by Crippen LogP contribution is 2.20. The zero-order valence-electron chi connectivity index (χ0n) is 17.6. The molecule has 8 heteroatoms. The first kappa shape index (κ1) is 22.6. The summed E-state index contributed by atoms with van der Waals surface area (Å²) in [4.78, 5) is 12.5. The number of amides is 1. The third-order valence-electron chi connectivity index (χ3n) is 4.85. The molecule has 7 nitrogen and oxygen atoms in total. The molecule has 0 unspecified atom stereocenters. The molecule has 0 aliphatic heterocycles. The summed E-state index contributed by atoms with van der Waals surface area (Å²) in [6, 6.07) is 16.9. The summed E-state index contributed by atoms with van der Waals surface area (Å²) < 4.78 is 37.1. The van der Waals surface area contributed by atoms with Gasteiger partial charge >= 0.3 is 0 Å².